The SMILES string of the molecule is CCOC(=O)NC(=O)CSc1nnc(-c2ccoc2C)n1CC. The number of hydrogen-bond donors (Lipinski definition) is 1. The van der Waals surface area contributed by atoms with Gasteiger partial charge < -0.3 is 13.7 Å². The number of hydrogen-bond acceptors (Lipinski definition) is 7. The number of nitrogens with one attached hydrogen (secondary N) is 1. The molecule has 0 saturated carbocycles. The van der Waals surface area contributed by atoms with E-state index in [2.05, 4.69) is 20.3 Å². The summed E-state index contributed by atoms with van der Waals surface area (Å²) in [5.74, 6) is 1.04. The maximum absolute atomic E-state index is 11.7. The zero-order valence-electron chi connectivity index (χ0n) is 13.2. The van der Waals surface area contributed by atoms with E-state index >= 15 is 0 Å². The molecule has 2 amide bonds. The quantitative estimate of drug-likeness (QED) is 0.806. The number of amides is 2. The van der Waals surface area contributed by atoms with Crippen molar-refractivity contribution in [1.82, 2.24) is 20.1 Å². The van der Waals surface area contributed by atoms with Gasteiger partial charge in [-0.05, 0) is 26.8 Å². The average Bonchev–Trinajstić information content (AvgIpc) is 3.10. The summed E-state index contributed by atoms with van der Waals surface area (Å²) < 4.78 is 11.8. The molecule has 23 heavy (non-hydrogen) atoms. The van der Waals surface area contributed by atoms with Crippen LogP contribution in [0.1, 0.15) is 19.6 Å². The minimum Gasteiger partial charge on any atom is -0.469 e. The van der Waals surface area contributed by atoms with Gasteiger partial charge >= 0.3 is 6.09 Å². The first-order chi connectivity index (χ1) is 11.1. The van der Waals surface area contributed by atoms with Crippen LogP contribution >= 0.6 is 11.8 Å². The zero-order chi connectivity index (χ0) is 16.8. The second kappa shape index (κ2) is 7.82. The van der Waals surface area contributed by atoms with Crippen LogP contribution in [0.15, 0.2) is 21.9 Å². The van der Waals surface area contributed by atoms with Gasteiger partial charge in [0.1, 0.15) is 5.76 Å². The molecule has 0 fully saturated rings. The standard InChI is InChI=1S/C14H18N4O4S/c1-4-18-12(10-6-7-22-9(10)3)16-17-13(18)23-8-11(19)15-14(20)21-5-2/h6-7H,4-5,8H2,1-3H3,(H,15,19,20). The highest BCUT2D eigenvalue weighted by Crippen LogP contribution is 2.26. The number of ether oxygens (including phenoxy) is 1. The van der Waals surface area contributed by atoms with Gasteiger partial charge in [-0.3, -0.25) is 10.1 Å². The summed E-state index contributed by atoms with van der Waals surface area (Å²) >= 11 is 1.20. The Bertz CT molecular complexity index is 695. The Morgan fingerprint density at radius 2 is 2.17 bits per heavy atom. The Hall–Kier alpha value is -2.29. The van der Waals surface area contributed by atoms with Crippen molar-refractivity contribution >= 4 is 23.8 Å². The second-order valence-electron chi connectivity index (χ2n) is 4.50. The number of furan rings is 1. The number of thioether (sulfide) groups is 1. The van der Waals surface area contributed by atoms with Crippen LogP contribution in [0.25, 0.3) is 11.4 Å². The lowest BCUT2D eigenvalue weighted by molar-refractivity contribution is -0.117. The molecule has 2 aromatic heterocycles. The maximum atomic E-state index is 11.7. The summed E-state index contributed by atoms with van der Waals surface area (Å²) in [5.41, 5.74) is 0.863. The summed E-state index contributed by atoms with van der Waals surface area (Å²) in [6, 6.07) is 1.83. The summed E-state index contributed by atoms with van der Waals surface area (Å²) in [6.45, 7) is 6.34. The number of imide groups is 1. The number of alkyl carbamates (subject to hydrolysis) is 1. The van der Waals surface area contributed by atoms with Gasteiger partial charge in [0.2, 0.25) is 5.91 Å². The van der Waals surface area contributed by atoms with Crippen molar-refractivity contribution in [3.63, 3.8) is 0 Å². The lowest BCUT2D eigenvalue weighted by atomic mass is 10.2. The Labute approximate surface area is 137 Å². The van der Waals surface area contributed by atoms with Crippen LogP contribution in [-0.2, 0) is 16.1 Å². The molecule has 2 rings (SSSR count). The monoisotopic (exact) mass is 338 g/mol. The first kappa shape index (κ1) is 17.1. The number of carbonyl (C=O) groups excluding carboxylic acids is 2. The molecule has 0 atom stereocenters. The fourth-order valence-electron chi connectivity index (χ4n) is 1.94. The molecule has 124 valence electrons. The molecule has 2 heterocycles. The Kier molecular flexibility index (Phi) is 5.80. The lowest BCUT2D eigenvalue weighted by Gasteiger charge is -2.07. The van der Waals surface area contributed by atoms with Crippen LogP contribution in [-0.4, -0.2) is 39.1 Å². The predicted molar refractivity (Wildman–Crippen MR) is 84.0 cm³/mol. The van der Waals surface area contributed by atoms with E-state index in [1.807, 2.05) is 24.5 Å². The van der Waals surface area contributed by atoms with Crippen molar-refractivity contribution in [1.29, 1.82) is 0 Å². The van der Waals surface area contributed by atoms with Crippen LogP contribution in [0.4, 0.5) is 4.79 Å². The average molecular weight is 338 g/mol. The first-order valence-corrected chi connectivity index (χ1v) is 8.12. The highest BCUT2D eigenvalue weighted by Gasteiger charge is 2.17. The molecular weight excluding hydrogens is 320 g/mol. The lowest BCUT2D eigenvalue weighted by Crippen LogP contribution is -2.32. The number of aryl methyl sites for hydroxylation is 1. The molecule has 8 nitrogen and oxygen atoms in total. The Morgan fingerprint density at radius 1 is 1.39 bits per heavy atom. The molecular formula is C14H18N4O4S. The topological polar surface area (TPSA) is 99.2 Å². The molecule has 0 aliphatic carbocycles. The number of carbonyl (C=O) groups is 2. The fraction of sp³-hybridized carbons (Fsp3) is 0.429. The molecule has 0 aromatic carbocycles. The molecule has 0 saturated heterocycles. The minimum absolute atomic E-state index is 0.0430. The highest BCUT2D eigenvalue weighted by atomic mass is 32.2. The van der Waals surface area contributed by atoms with Gasteiger partial charge in [0.05, 0.1) is 24.2 Å². The van der Waals surface area contributed by atoms with E-state index in [9.17, 15) is 9.59 Å². The Morgan fingerprint density at radius 3 is 2.78 bits per heavy atom. The van der Waals surface area contributed by atoms with Gasteiger partial charge in [0, 0.05) is 6.54 Å². The van der Waals surface area contributed by atoms with Crippen molar-refractivity contribution in [3.8, 4) is 11.4 Å². The third kappa shape index (κ3) is 4.13. The van der Waals surface area contributed by atoms with Gasteiger partial charge in [-0.1, -0.05) is 11.8 Å². The molecule has 0 bridgehead atoms. The first-order valence-electron chi connectivity index (χ1n) is 7.13. The molecule has 9 heteroatoms. The third-order valence-corrected chi connectivity index (χ3v) is 3.95. The molecule has 0 spiro atoms. The zero-order valence-corrected chi connectivity index (χ0v) is 14.0. The number of rotatable bonds is 6. The van der Waals surface area contributed by atoms with E-state index in [1.165, 1.54) is 11.8 Å². The van der Waals surface area contributed by atoms with Crippen molar-refractivity contribution in [2.45, 2.75) is 32.5 Å². The van der Waals surface area contributed by atoms with E-state index in [0.717, 1.165) is 11.3 Å². The molecule has 0 radical (unpaired) electrons. The fourth-order valence-corrected chi connectivity index (χ4v) is 2.75. The van der Waals surface area contributed by atoms with Crippen LogP contribution in [0, 0.1) is 6.92 Å². The van der Waals surface area contributed by atoms with Gasteiger partial charge in [-0.25, -0.2) is 4.79 Å². The highest BCUT2D eigenvalue weighted by molar-refractivity contribution is 7.99. The van der Waals surface area contributed by atoms with Crippen molar-refractivity contribution in [2.75, 3.05) is 12.4 Å². The third-order valence-electron chi connectivity index (χ3n) is 2.98. The molecule has 0 unspecified atom stereocenters. The largest absolute Gasteiger partial charge is 0.469 e. The molecule has 0 aliphatic rings. The van der Waals surface area contributed by atoms with Gasteiger partial charge in [0.15, 0.2) is 11.0 Å². The summed E-state index contributed by atoms with van der Waals surface area (Å²) in [5, 5.41) is 11.0. The predicted octanol–water partition coefficient (Wildman–Crippen LogP) is 2.23. The van der Waals surface area contributed by atoms with E-state index in [0.29, 0.717) is 17.5 Å². The summed E-state index contributed by atoms with van der Waals surface area (Å²) in [6.07, 6.45) is 0.851. The van der Waals surface area contributed by atoms with Crippen LogP contribution in [0.2, 0.25) is 0 Å². The minimum atomic E-state index is -0.746. The van der Waals surface area contributed by atoms with E-state index in [-0.39, 0.29) is 12.4 Å². The Balaban J connectivity index is 2.04. The van der Waals surface area contributed by atoms with E-state index in [4.69, 9.17) is 4.42 Å². The summed E-state index contributed by atoms with van der Waals surface area (Å²) in [7, 11) is 0. The van der Waals surface area contributed by atoms with Gasteiger partial charge in [-0.2, -0.15) is 0 Å². The molecule has 0 aliphatic heterocycles. The van der Waals surface area contributed by atoms with Gasteiger partial charge in [-0.15, -0.1) is 10.2 Å². The smallest absolute Gasteiger partial charge is 0.413 e. The van der Waals surface area contributed by atoms with Crippen molar-refractivity contribution in [2.24, 2.45) is 0 Å². The van der Waals surface area contributed by atoms with Gasteiger partial charge in [0.25, 0.3) is 0 Å². The van der Waals surface area contributed by atoms with E-state index in [1.54, 1.807) is 13.2 Å². The van der Waals surface area contributed by atoms with Crippen LogP contribution in [0.5, 0.6) is 0 Å². The van der Waals surface area contributed by atoms with Crippen LogP contribution in [0.3, 0.4) is 0 Å². The molecule has 1 N–H and O–H groups in total. The normalized spacial score (nSPS) is 10.6. The van der Waals surface area contributed by atoms with E-state index < -0.39 is 12.0 Å². The maximum Gasteiger partial charge on any atom is 0.413 e. The molecule has 2 aromatic rings. The number of nitrogens with zero attached hydrogens (tertiary/aromatic N) is 3. The second-order valence-corrected chi connectivity index (χ2v) is 5.44. The van der Waals surface area contributed by atoms with Crippen molar-refractivity contribution in [3.05, 3.63) is 18.1 Å². The summed E-state index contributed by atoms with van der Waals surface area (Å²) in [4.78, 5) is 22.9. The van der Waals surface area contributed by atoms with Crippen molar-refractivity contribution < 1.29 is 18.7 Å². The van der Waals surface area contributed by atoms with Crippen LogP contribution < -0.4 is 5.32 Å². The number of aromatic nitrogens is 3.